The first-order valence-corrected chi connectivity index (χ1v) is 8.13. The minimum Gasteiger partial charge on any atom is -0.309 e. The fourth-order valence-electron chi connectivity index (χ4n) is 3.40. The molecule has 0 saturated heterocycles. The minimum absolute atomic E-state index is 0.0833. The van der Waals surface area contributed by atoms with E-state index in [0.717, 1.165) is 31.4 Å². The van der Waals surface area contributed by atoms with E-state index in [-0.39, 0.29) is 17.3 Å². The monoisotopic (exact) mass is 297 g/mol. The minimum atomic E-state index is -0.182. The van der Waals surface area contributed by atoms with Crippen molar-refractivity contribution in [2.75, 3.05) is 6.54 Å². The smallest absolute Gasteiger partial charge is 0.129 e. The van der Waals surface area contributed by atoms with Crippen LogP contribution in [0.2, 0.25) is 5.02 Å². The lowest BCUT2D eigenvalue weighted by Gasteiger charge is -2.41. The van der Waals surface area contributed by atoms with Gasteiger partial charge in [-0.3, -0.25) is 0 Å². The third-order valence-electron chi connectivity index (χ3n) is 4.56. The van der Waals surface area contributed by atoms with Crippen molar-refractivity contribution in [2.45, 2.75) is 58.4 Å². The summed E-state index contributed by atoms with van der Waals surface area (Å²) >= 11 is 5.89. The number of rotatable bonds is 5. The maximum absolute atomic E-state index is 14.3. The molecule has 0 radical (unpaired) electrons. The van der Waals surface area contributed by atoms with Crippen LogP contribution in [0.3, 0.4) is 0 Å². The molecule has 112 valence electrons. The second-order valence-electron chi connectivity index (χ2n) is 6.27. The molecule has 1 unspecified atom stereocenters. The summed E-state index contributed by atoms with van der Waals surface area (Å²) in [5.74, 6) is -0.182. The van der Waals surface area contributed by atoms with Gasteiger partial charge in [0.2, 0.25) is 0 Å². The fraction of sp³-hybridized carbons (Fsp3) is 0.647. The summed E-state index contributed by atoms with van der Waals surface area (Å²) in [6.45, 7) is 5.36. The van der Waals surface area contributed by atoms with E-state index < -0.39 is 0 Å². The lowest BCUT2D eigenvalue weighted by atomic mass is 9.68. The fourth-order valence-corrected chi connectivity index (χ4v) is 3.56. The Morgan fingerprint density at radius 2 is 2.00 bits per heavy atom. The molecule has 1 saturated carbocycles. The van der Waals surface area contributed by atoms with Crippen LogP contribution in [0.1, 0.15) is 64.0 Å². The topological polar surface area (TPSA) is 12.0 Å². The highest BCUT2D eigenvalue weighted by Crippen LogP contribution is 2.46. The molecule has 0 heterocycles. The molecular weight excluding hydrogens is 273 g/mol. The van der Waals surface area contributed by atoms with Gasteiger partial charge in [0.25, 0.3) is 0 Å². The molecule has 0 amide bonds. The van der Waals surface area contributed by atoms with Crippen molar-refractivity contribution in [2.24, 2.45) is 5.41 Å². The highest BCUT2D eigenvalue weighted by Gasteiger charge is 2.37. The predicted molar refractivity (Wildman–Crippen MR) is 83.6 cm³/mol. The SMILES string of the molecule is CCCNC(c1ccc(Cl)cc1F)C1(C)CCCCC1. The molecule has 1 atom stereocenters. The Bertz CT molecular complexity index is 441. The van der Waals surface area contributed by atoms with Gasteiger partial charge in [-0.05, 0) is 43.4 Å². The van der Waals surface area contributed by atoms with Crippen LogP contribution in [0.4, 0.5) is 4.39 Å². The molecule has 1 N–H and O–H groups in total. The van der Waals surface area contributed by atoms with Crippen molar-refractivity contribution >= 4 is 11.6 Å². The van der Waals surface area contributed by atoms with Crippen molar-refractivity contribution in [3.05, 3.63) is 34.6 Å². The zero-order valence-corrected chi connectivity index (χ0v) is 13.3. The van der Waals surface area contributed by atoms with Crippen LogP contribution in [0.5, 0.6) is 0 Å². The van der Waals surface area contributed by atoms with Gasteiger partial charge >= 0.3 is 0 Å². The number of hydrogen-bond donors (Lipinski definition) is 1. The van der Waals surface area contributed by atoms with Gasteiger partial charge < -0.3 is 5.32 Å². The molecule has 0 aliphatic heterocycles. The third-order valence-corrected chi connectivity index (χ3v) is 4.80. The van der Waals surface area contributed by atoms with Gasteiger partial charge in [-0.1, -0.05) is 50.8 Å². The van der Waals surface area contributed by atoms with Gasteiger partial charge in [0.05, 0.1) is 0 Å². The summed E-state index contributed by atoms with van der Waals surface area (Å²) in [6.07, 6.45) is 7.18. The first kappa shape index (κ1) is 15.8. The first-order valence-electron chi connectivity index (χ1n) is 7.75. The van der Waals surface area contributed by atoms with E-state index in [9.17, 15) is 4.39 Å². The second kappa shape index (κ2) is 6.91. The summed E-state index contributed by atoms with van der Waals surface area (Å²) in [6, 6.07) is 5.17. The van der Waals surface area contributed by atoms with E-state index in [2.05, 4.69) is 19.2 Å². The maximum atomic E-state index is 14.3. The van der Waals surface area contributed by atoms with Crippen molar-refractivity contribution < 1.29 is 4.39 Å². The zero-order chi connectivity index (χ0) is 14.6. The van der Waals surface area contributed by atoms with Gasteiger partial charge in [-0.15, -0.1) is 0 Å². The van der Waals surface area contributed by atoms with Crippen molar-refractivity contribution in [3.63, 3.8) is 0 Å². The van der Waals surface area contributed by atoms with Crippen LogP contribution in [0, 0.1) is 11.2 Å². The van der Waals surface area contributed by atoms with E-state index >= 15 is 0 Å². The van der Waals surface area contributed by atoms with Crippen molar-refractivity contribution in [1.82, 2.24) is 5.32 Å². The van der Waals surface area contributed by atoms with Crippen molar-refractivity contribution in [3.8, 4) is 0 Å². The molecular formula is C17H25ClFN. The van der Waals surface area contributed by atoms with E-state index in [1.54, 1.807) is 6.07 Å². The summed E-state index contributed by atoms with van der Waals surface area (Å²) in [5, 5.41) is 4.04. The van der Waals surface area contributed by atoms with Crippen LogP contribution >= 0.6 is 11.6 Å². The number of benzene rings is 1. The van der Waals surface area contributed by atoms with Gasteiger partial charge in [0.15, 0.2) is 0 Å². The van der Waals surface area contributed by atoms with Gasteiger partial charge in [0.1, 0.15) is 5.82 Å². The highest BCUT2D eigenvalue weighted by atomic mass is 35.5. The summed E-state index contributed by atoms with van der Waals surface area (Å²) in [7, 11) is 0. The molecule has 1 aromatic rings. The predicted octanol–water partition coefficient (Wildman–Crippen LogP) is 5.49. The zero-order valence-electron chi connectivity index (χ0n) is 12.5. The molecule has 1 fully saturated rings. The highest BCUT2D eigenvalue weighted by molar-refractivity contribution is 6.30. The number of halogens is 2. The summed E-state index contributed by atoms with van der Waals surface area (Å²) in [4.78, 5) is 0. The Balaban J connectivity index is 2.30. The Morgan fingerprint density at radius 3 is 2.60 bits per heavy atom. The van der Waals surface area contributed by atoms with E-state index in [0.29, 0.717) is 5.02 Å². The largest absolute Gasteiger partial charge is 0.309 e. The quantitative estimate of drug-likeness (QED) is 0.757. The molecule has 0 spiro atoms. The molecule has 2 rings (SSSR count). The number of nitrogens with one attached hydrogen (secondary N) is 1. The molecule has 3 heteroatoms. The van der Waals surface area contributed by atoms with Crippen LogP contribution in [0.25, 0.3) is 0 Å². The lowest BCUT2D eigenvalue weighted by Crippen LogP contribution is -2.38. The van der Waals surface area contributed by atoms with E-state index in [4.69, 9.17) is 11.6 Å². The summed E-state index contributed by atoms with van der Waals surface area (Å²) in [5.41, 5.74) is 0.912. The molecule has 1 aliphatic rings. The second-order valence-corrected chi connectivity index (χ2v) is 6.70. The van der Waals surface area contributed by atoms with Gasteiger partial charge in [-0.25, -0.2) is 4.39 Å². The average Bonchev–Trinajstić information content (AvgIpc) is 2.42. The van der Waals surface area contributed by atoms with Gasteiger partial charge in [0, 0.05) is 16.6 Å². The Morgan fingerprint density at radius 1 is 1.30 bits per heavy atom. The van der Waals surface area contributed by atoms with Crippen LogP contribution in [-0.2, 0) is 0 Å². The van der Waals surface area contributed by atoms with Crippen LogP contribution in [0.15, 0.2) is 18.2 Å². The van der Waals surface area contributed by atoms with Gasteiger partial charge in [-0.2, -0.15) is 0 Å². The van der Waals surface area contributed by atoms with E-state index in [1.807, 2.05) is 6.07 Å². The Labute approximate surface area is 126 Å². The van der Waals surface area contributed by atoms with Crippen LogP contribution in [-0.4, -0.2) is 6.54 Å². The molecule has 1 aliphatic carbocycles. The molecule has 0 bridgehead atoms. The molecule has 0 aromatic heterocycles. The molecule has 1 aromatic carbocycles. The first-order chi connectivity index (χ1) is 9.57. The van der Waals surface area contributed by atoms with Crippen LogP contribution < -0.4 is 5.32 Å². The number of hydrogen-bond acceptors (Lipinski definition) is 1. The molecule has 20 heavy (non-hydrogen) atoms. The molecule has 1 nitrogen and oxygen atoms in total. The van der Waals surface area contributed by atoms with E-state index in [1.165, 1.54) is 25.3 Å². The maximum Gasteiger partial charge on any atom is 0.129 e. The Kier molecular flexibility index (Phi) is 5.45. The third kappa shape index (κ3) is 3.53. The van der Waals surface area contributed by atoms with Crippen molar-refractivity contribution in [1.29, 1.82) is 0 Å². The lowest BCUT2D eigenvalue weighted by molar-refractivity contribution is 0.142. The normalized spacial score (nSPS) is 19.8. The Hall–Kier alpha value is -0.600. The average molecular weight is 298 g/mol. The summed E-state index contributed by atoms with van der Waals surface area (Å²) < 4.78 is 14.3. The standard InChI is InChI=1S/C17H25ClFN/c1-3-11-20-16(17(2)9-5-4-6-10-17)14-8-7-13(18)12-15(14)19/h7-8,12,16,20H,3-6,9-11H2,1-2H3.